The van der Waals surface area contributed by atoms with Gasteiger partial charge in [-0.1, -0.05) is 18.2 Å². The minimum atomic E-state index is -0.545. The Balaban J connectivity index is 2.20. The van der Waals surface area contributed by atoms with Gasteiger partial charge in [0.2, 0.25) is 0 Å². The zero-order chi connectivity index (χ0) is 15.2. The zero-order valence-electron chi connectivity index (χ0n) is 11.5. The van der Waals surface area contributed by atoms with Gasteiger partial charge >= 0.3 is 0 Å². The van der Waals surface area contributed by atoms with Crippen LogP contribution in [0.2, 0.25) is 0 Å². The third-order valence-corrected chi connectivity index (χ3v) is 2.90. The van der Waals surface area contributed by atoms with Crippen molar-refractivity contribution in [1.82, 2.24) is 0 Å². The van der Waals surface area contributed by atoms with Crippen molar-refractivity contribution >= 4 is 11.4 Å². The topological polar surface area (TPSA) is 64.4 Å². The van der Waals surface area contributed by atoms with Crippen molar-refractivity contribution in [1.29, 1.82) is 0 Å². The molecule has 0 unspecified atom stereocenters. The number of nitrogens with zero attached hydrogens (tertiary/aromatic N) is 1. The minimum Gasteiger partial charge on any atom is -0.494 e. The Morgan fingerprint density at radius 2 is 2.05 bits per heavy atom. The van der Waals surface area contributed by atoms with E-state index < -0.39 is 10.7 Å². The van der Waals surface area contributed by atoms with Crippen molar-refractivity contribution in [3.63, 3.8) is 0 Å². The molecule has 0 saturated heterocycles. The second-order valence-electron chi connectivity index (χ2n) is 4.31. The fraction of sp³-hybridized carbons (Fsp3) is 0.200. The molecule has 6 heteroatoms. The highest BCUT2D eigenvalue weighted by molar-refractivity contribution is 5.61. The highest BCUT2D eigenvalue weighted by Gasteiger charge is 2.14. The lowest BCUT2D eigenvalue weighted by molar-refractivity contribution is -0.384. The average molecular weight is 290 g/mol. The molecule has 0 bridgehead atoms. The molecule has 0 aliphatic heterocycles. The first-order valence-electron chi connectivity index (χ1n) is 6.50. The van der Waals surface area contributed by atoms with E-state index in [-0.39, 0.29) is 11.4 Å². The van der Waals surface area contributed by atoms with Crippen LogP contribution >= 0.6 is 0 Å². The first-order valence-corrected chi connectivity index (χ1v) is 6.50. The Bertz CT molecular complexity index is 647. The molecule has 0 saturated carbocycles. The molecule has 2 rings (SSSR count). The molecular formula is C15H15FN2O3. The van der Waals surface area contributed by atoms with E-state index in [0.29, 0.717) is 18.9 Å². The maximum absolute atomic E-state index is 13.2. The largest absolute Gasteiger partial charge is 0.494 e. The van der Waals surface area contributed by atoms with E-state index in [2.05, 4.69) is 5.32 Å². The third kappa shape index (κ3) is 3.68. The van der Waals surface area contributed by atoms with Crippen molar-refractivity contribution in [2.24, 2.45) is 0 Å². The summed E-state index contributed by atoms with van der Waals surface area (Å²) in [6, 6.07) is 10.7. The van der Waals surface area contributed by atoms with Crippen LogP contribution in [-0.2, 0) is 6.54 Å². The summed E-state index contributed by atoms with van der Waals surface area (Å²) in [5, 5.41) is 13.8. The SMILES string of the molecule is CCOc1ccccc1CNc1cc(F)ccc1[N+](=O)[O-]. The van der Waals surface area contributed by atoms with E-state index in [1.807, 2.05) is 31.2 Å². The molecule has 2 aromatic rings. The molecule has 5 nitrogen and oxygen atoms in total. The van der Waals surface area contributed by atoms with Gasteiger partial charge < -0.3 is 10.1 Å². The van der Waals surface area contributed by atoms with E-state index in [9.17, 15) is 14.5 Å². The number of hydrogen-bond donors (Lipinski definition) is 1. The van der Waals surface area contributed by atoms with Crippen LogP contribution in [0, 0.1) is 15.9 Å². The van der Waals surface area contributed by atoms with Gasteiger partial charge in [-0.05, 0) is 19.1 Å². The molecule has 0 aliphatic rings. The number of ether oxygens (including phenoxy) is 1. The van der Waals surface area contributed by atoms with E-state index >= 15 is 0 Å². The summed E-state index contributed by atoms with van der Waals surface area (Å²) in [4.78, 5) is 10.4. The number of nitro groups is 1. The predicted molar refractivity (Wildman–Crippen MR) is 78.0 cm³/mol. The number of benzene rings is 2. The van der Waals surface area contributed by atoms with Gasteiger partial charge in [0.25, 0.3) is 5.69 Å². The van der Waals surface area contributed by atoms with Crippen LogP contribution in [-0.4, -0.2) is 11.5 Å². The number of rotatable bonds is 6. The van der Waals surface area contributed by atoms with Gasteiger partial charge in [0, 0.05) is 24.2 Å². The Labute approximate surface area is 121 Å². The Morgan fingerprint density at radius 1 is 1.29 bits per heavy atom. The van der Waals surface area contributed by atoms with Gasteiger partial charge in [0.15, 0.2) is 0 Å². The van der Waals surface area contributed by atoms with E-state index in [4.69, 9.17) is 4.74 Å². The third-order valence-electron chi connectivity index (χ3n) is 2.90. The van der Waals surface area contributed by atoms with Crippen molar-refractivity contribution in [3.8, 4) is 5.75 Å². The van der Waals surface area contributed by atoms with E-state index in [1.54, 1.807) is 0 Å². The molecule has 21 heavy (non-hydrogen) atoms. The quantitative estimate of drug-likeness (QED) is 0.650. The summed E-state index contributed by atoms with van der Waals surface area (Å²) in [6.07, 6.45) is 0. The molecule has 0 aliphatic carbocycles. The monoisotopic (exact) mass is 290 g/mol. The van der Waals surface area contributed by atoms with Gasteiger partial charge in [0.05, 0.1) is 11.5 Å². The maximum atomic E-state index is 13.2. The molecule has 0 spiro atoms. The van der Waals surface area contributed by atoms with Crippen LogP contribution in [0.4, 0.5) is 15.8 Å². The van der Waals surface area contributed by atoms with Gasteiger partial charge in [-0.2, -0.15) is 0 Å². The highest BCUT2D eigenvalue weighted by Crippen LogP contribution is 2.26. The van der Waals surface area contributed by atoms with E-state index in [0.717, 1.165) is 23.8 Å². The van der Waals surface area contributed by atoms with Crippen molar-refractivity contribution in [2.45, 2.75) is 13.5 Å². The van der Waals surface area contributed by atoms with Gasteiger partial charge in [-0.25, -0.2) is 4.39 Å². The lowest BCUT2D eigenvalue weighted by Crippen LogP contribution is -2.05. The van der Waals surface area contributed by atoms with Gasteiger partial charge in [0.1, 0.15) is 17.3 Å². The summed E-state index contributed by atoms with van der Waals surface area (Å²) in [7, 11) is 0. The van der Waals surface area contributed by atoms with Crippen molar-refractivity contribution < 1.29 is 14.1 Å². The van der Waals surface area contributed by atoms with Crippen molar-refractivity contribution in [3.05, 3.63) is 64.0 Å². The maximum Gasteiger partial charge on any atom is 0.292 e. The van der Waals surface area contributed by atoms with E-state index in [1.165, 1.54) is 0 Å². The number of nitro benzene ring substituents is 1. The second-order valence-corrected chi connectivity index (χ2v) is 4.31. The summed E-state index contributed by atoms with van der Waals surface area (Å²) < 4.78 is 18.7. The molecule has 0 radical (unpaired) electrons. The normalized spacial score (nSPS) is 10.2. The summed E-state index contributed by atoms with van der Waals surface area (Å²) in [6.45, 7) is 2.71. The standard InChI is InChI=1S/C15H15FN2O3/c1-2-21-15-6-4-3-5-11(15)10-17-13-9-12(16)7-8-14(13)18(19)20/h3-9,17H,2,10H2,1H3. The first-order chi connectivity index (χ1) is 10.1. The van der Waals surface area contributed by atoms with Crippen LogP contribution in [0.3, 0.4) is 0 Å². The molecular weight excluding hydrogens is 275 g/mol. The Morgan fingerprint density at radius 3 is 2.76 bits per heavy atom. The number of anilines is 1. The number of nitrogens with one attached hydrogen (secondary N) is 1. The lowest BCUT2D eigenvalue weighted by atomic mass is 10.2. The average Bonchev–Trinajstić information content (AvgIpc) is 2.46. The highest BCUT2D eigenvalue weighted by atomic mass is 19.1. The van der Waals surface area contributed by atoms with Crippen molar-refractivity contribution in [2.75, 3.05) is 11.9 Å². The van der Waals surface area contributed by atoms with Crippen LogP contribution in [0.25, 0.3) is 0 Å². The zero-order valence-corrected chi connectivity index (χ0v) is 11.5. The fourth-order valence-corrected chi connectivity index (χ4v) is 1.95. The molecule has 0 heterocycles. The van der Waals surface area contributed by atoms with Crippen LogP contribution in [0.15, 0.2) is 42.5 Å². The number of hydrogen-bond acceptors (Lipinski definition) is 4. The second kappa shape index (κ2) is 6.69. The van der Waals surface area contributed by atoms with Gasteiger partial charge in [-0.3, -0.25) is 10.1 Å². The Kier molecular flexibility index (Phi) is 4.71. The fourth-order valence-electron chi connectivity index (χ4n) is 1.95. The molecule has 0 atom stereocenters. The predicted octanol–water partition coefficient (Wildman–Crippen LogP) is 3.74. The minimum absolute atomic E-state index is 0.145. The molecule has 0 aromatic heterocycles. The molecule has 0 fully saturated rings. The number of halogens is 1. The van der Waals surface area contributed by atoms with Crippen LogP contribution in [0.1, 0.15) is 12.5 Å². The molecule has 2 aromatic carbocycles. The lowest BCUT2D eigenvalue weighted by Gasteiger charge is -2.12. The Hall–Kier alpha value is -2.63. The smallest absolute Gasteiger partial charge is 0.292 e. The summed E-state index contributed by atoms with van der Waals surface area (Å²) in [5.74, 6) is 0.174. The number of para-hydroxylation sites is 1. The first kappa shape index (κ1) is 14.8. The summed E-state index contributed by atoms with van der Waals surface area (Å²) in [5.41, 5.74) is 0.828. The molecule has 110 valence electrons. The molecule has 1 N–H and O–H groups in total. The summed E-state index contributed by atoms with van der Waals surface area (Å²) >= 11 is 0. The van der Waals surface area contributed by atoms with Gasteiger partial charge in [-0.15, -0.1) is 0 Å². The van der Waals surface area contributed by atoms with Crippen LogP contribution < -0.4 is 10.1 Å². The van der Waals surface area contributed by atoms with Crippen LogP contribution in [0.5, 0.6) is 5.75 Å². The molecule has 0 amide bonds.